The summed E-state index contributed by atoms with van der Waals surface area (Å²) in [6, 6.07) is 7.22. The number of halogens is 2. The number of fused-ring (bicyclic) bond motifs is 3. The van der Waals surface area contributed by atoms with Crippen molar-refractivity contribution in [3.8, 4) is 0 Å². The third kappa shape index (κ3) is 4.99. The molecule has 0 bridgehead atoms. The molecule has 9 heteroatoms. The maximum Gasteiger partial charge on any atom is 0.211 e. The third-order valence-corrected chi connectivity index (χ3v) is 5.26. The van der Waals surface area contributed by atoms with E-state index in [1.165, 1.54) is 6.20 Å². The summed E-state index contributed by atoms with van der Waals surface area (Å²) < 4.78 is 18.4. The summed E-state index contributed by atoms with van der Waals surface area (Å²) in [4.78, 5) is 23.7. The van der Waals surface area contributed by atoms with Crippen LogP contribution >= 0.6 is 11.6 Å². The van der Waals surface area contributed by atoms with Crippen molar-refractivity contribution in [1.82, 2.24) is 19.9 Å². The molecule has 0 unspecified atom stereocenters. The minimum absolute atomic E-state index is 0.223. The van der Waals surface area contributed by atoms with Gasteiger partial charge in [0.2, 0.25) is 6.41 Å². The van der Waals surface area contributed by atoms with E-state index in [2.05, 4.69) is 25.2 Å². The molecule has 31 heavy (non-hydrogen) atoms. The fourth-order valence-electron chi connectivity index (χ4n) is 3.53. The lowest BCUT2D eigenvalue weighted by Crippen LogP contribution is -2.35. The lowest BCUT2D eigenvalue weighted by atomic mass is 10.1. The first-order chi connectivity index (χ1) is 15.2. The quantitative estimate of drug-likeness (QED) is 0.468. The maximum absolute atomic E-state index is 13.2. The molecule has 1 aromatic carbocycles. The number of morpholine rings is 1. The molecule has 0 atom stereocenters. The van der Waals surface area contributed by atoms with Gasteiger partial charge < -0.3 is 15.0 Å². The number of anilines is 1. The molecule has 160 valence electrons. The van der Waals surface area contributed by atoms with Crippen molar-refractivity contribution in [3.63, 3.8) is 0 Å². The molecule has 1 aliphatic rings. The molecule has 0 aliphatic carbocycles. The van der Waals surface area contributed by atoms with Crippen molar-refractivity contribution in [2.45, 2.75) is 6.54 Å². The molecule has 1 aliphatic heterocycles. The largest absolute Gasteiger partial charge is 0.379 e. The molecule has 4 aromatic rings. The number of aromatic nitrogens is 3. The molecule has 0 radical (unpaired) electrons. The summed E-state index contributed by atoms with van der Waals surface area (Å²) in [5.41, 5.74) is 3.14. The van der Waals surface area contributed by atoms with Crippen molar-refractivity contribution in [2.24, 2.45) is 0 Å². The maximum atomic E-state index is 13.2. The van der Waals surface area contributed by atoms with Gasteiger partial charge in [-0.1, -0.05) is 11.6 Å². The van der Waals surface area contributed by atoms with E-state index in [0.717, 1.165) is 48.1 Å². The van der Waals surface area contributed by atoms with Gasteiger partial charge in [0.05, 0.1) is 42.3 Å². The molecule has 2 N–H and O–H groups in total. The van der Waals surface area contributed by atoms with Crippen LogP contribution in [0.25, 0.3) is 21.8 Å². The average molecular weight is 442 g/mol. The van der Waals surface area contributed by atoms with Crippen LogP contribution in [0.2, 0.25) is 5.02 Å². The normalized spacial score (nSPS) is 14.3. The van der Waals surface area contributed by atoms with Crippen LogP contribution < -0.4 is 5.32 Å². The molecule has 5 rings (SSSR count). The standard InChI is InChI=1S/C12H8ClN3O.C10H13FN2O/c13-7-3-9-8-1-2-14-5-11(8)16-12(9)10(4-7)15-6-17;11-10-7-12-2-1-9(10)8-13-3-5-14-6-4-13/h1-6,16H,(H,15,17);1-2,7H,3-6,8H2. The van der Waals surface area contributed by atoms with Crippen LogP contribution in [0.1, 0.15) is 5.56 Å². The Morgan fingerprint density at radius 2 is 1.94 bits per heavy atom. The number of carbonyl (C=O) groups is 1. The zero-order valence-electron chi connectivity index (χ0n) is 16.6. The van der Waals surface area contributed by atoms with Crippen LogP contribution in [0.15, 0.2) is 49.1 Å². The average Bonchev–Trinajstić information content (AvgIpc) is 3.16. The zero-order chi connectivity index (χ0) is 21.6. The molecule has 1 amide bonds. The van der Waals surface area contributed by atoms with E-state index < -0.39 is 0 Å². The molecule has 1 saturated heterocycles. The van der Waals surface area contributed by atoms with Gasteiger partial charge in [-0.2, -0.15) is 0 Å². The van der Waals surface area contributed by atoms with E-state index in [0.29, 0.717) is 29.2 Å². The van der Waals surface area contributed by atoms with E-state index >= 15 is 0 Å². The number of nitrogens with one attached hydrogen (secondary N) is 2. The highest BCUT2D eigenvalue weighted by atomic mass is 35.5. The molecule has 4 heterocycles. The van der Waals surface area contributed by atoms with Crippen LogP contribution in [0.4, 0.5) is 10.1 Å². The second-order valence-electron chi connectivity index (χ2n) is 7.04. The van der Waals surface area contributed by atoms with Gasteiger partial charge in [0.15, 0.2) is 0 Å². The van der Waals surface area contributed by atoms with Gasteiger partial charge in [-0.05, 0) is 24.3 Å². The highest BCUT2D eigenvalue weighted by molar-refractivity contribution is 6.32. The van der Waals surface area contributed by atoms with E-state index in [-0.39, 0.29) is 5.82 Å². The number of nitrogens with zero attached hydrogens (tertiary/aromatic N) is 3. The van der Waals surface area contributed by atoms with Crippen LogP contribution in [-0.2, 0) is 16.1 Å². The number of hydrogen-bond acceptors (Lipinski definition) is 5. The van der Waals surface area contributed by atoms with E-state index in [1.807, 2.05) is 12.1 Å². The Morgan fingerprint density at radius 3 is 2.71 bits per heavy atom. The Balaban J connectivity index is 0.000000152. The SMILES string of the molecule is Fc1cnccc1CN1CCOCC1.O=CNc1cc(Cl)cc2c1[nH]c1cnccc12. The summed E-state index contributed by atoms with van der Waals surface area (Å²) in [6.07, 6.45) is 6.99. The third-order valence-electron chi connectivity index (χ3n) is 5.04. The lowest BCUT2D eigenvalue weighted by molar-refractivity contribution is -0.105. The summed E-state index contributed by atoms with van der Waals surface area (Å²) in [6.45, 7) is 3.89. The topological polar surface area (TPSA) is 83.1 Å². The smallest absolute Gasteiger partial charge is 0.211 e. The zero-order valence-corrected chi connectivity index (χ0v) is 17.4. The predicted octanol–water partition coefficient (Wildman–Crippen LogP) is 3.99. The number of aromatic amines is 1. The number of rotatable bonds is 4. The van der Waals surface area contributed by atoms with Crippen molar-refractivity contribution in [2.75, 3.05) is 31.6 Å². The number of benzene rings is 1. The number of ether oxygens (including phenoxy) is 1. The van der Waals surface area contributed by atoms with Crippen LogP contribution in [0, 0.1) is 5.82 Å². The van der Waals surface area contributed by atoms with Gasteiger partial charge in [0, 0.05) is 53.4 Å². The number of carbonyl (C=O) groups excluding carboxylic acids is 1. The Hall–Kier alpha value is -3.07. The summed E-state index contributed by atoms with van der Waals surface area (Å²) in [5, 5.41) is 5.22. The lowest BCUT2D eigenvalue weighted by Gasteiger charge is -2.26. The van der Waals surface area contributed by atoms with Gasteiger partial charge >= 0.3 is 0 Å². The molecule has 0 saturated carbocycles. The van der Waals surface area contributed by atoms with E-state index in [4.69, 9.17) is 16.3 Å². The monoisotopic (exact) mass is 441 g/mol. The first-order valence-electron chi connectivity index (χ1n) is 9.79. The highest BCUT2D eigenvalue weighted by Crippen LogP contribution is 2.32. The molecule has 7 nitrogen and oxygen atoms in total. The summed E-state index contributed by atoms with van der Waals surface area (Å²) in [5.74, 6) is -0.223. The minimum Gasteiger partial charge on any atom is -0.379 e. The minimum atomic E-state index is -0.223. The van der Waals surface area contributed by atoms with E-state index in [1.54, 1.807) is 30.7 Å². The second-order valence-corrected chi connectivity index (χ2v) is 7.48. The Kier molecular flexibility index (Phi) is 6.71. The van der Waals surface area contributed by atoms with Crippen LogP contribution in [0.3, 0.4) is 0 Å². The first kappa shape index (κ1) is 21.2. The van der Waals surface area contributed by atoms with Crippen molar-refractivity contribution in [1.29, 1.82) is 0 Å². The first-order valence-corrected chi connectivity index (χ1v) is 10.2. The number of hydrogen-bond donors (Lipinski definition) is 2. The summed E-state index contributed by atoms with van der Waals surface area (Å²) in [7, 11) is 0. The molecular formula is C22H21ClFN5O2. The Bertz CT molecular complexity index is 1190. The number of H-pyrrole nitrogens is 1. The molecule has 0 spiro atoms. The van der Waals surface area contributed by atoms with E-state index in [9.17, 15) is 9.18 Å². The van der Waals surface area contributed by atoms with Crippen molar-refractivity contribution < 1.29 is 13.9 Å². The van der Waals surface area contributed by atoms with Gasteiger partial charge in [-0.3, -0.25) is 19.7 Å². The molecule has 1 fully saturated rings. The van der Waals surface area contributed by atoms with Gasteiger partial charge in [-0.25, -0.2) is 4.39 Å². The number of pyridine rings is 2. The van der Waals surface area contributed by atoms with Crippen molar-refractivity contribution in [3.05, 3.63) is 65.5 Å². The van der Waals surface area contributed by atoms with Crippen LogP contribution in [0.5, 0.6) is 0 Å². The summed E-state index contributed by atoms with van der Waals surface area (Å²) >= 11 is 6.03. The molecule has 3 aromatic heterocycles. The second kappa shape index (κ2) is 9.82. The van der Waals surface area contributed by atoms with Gasteiger partial charge in [0.1, 0.15) is 5.82 Å². The Morgan fingerprint density at radius 1 is 1.16 bits per heavy atom. The van der Waals surface area contributed by atoms with Crippen molar-refractivity contribution >= 4 is 45.5 Å². The number of amides is 1. The molecular weight excluding hydrogens is 421 g/mol. The van der Waals surface area contributed by atoms with Crippen LogP contribution in [-0.4, -0.2) is 52.6 Å². The predicted molar refractivity (Wildman–Crippen MR) is 119 cm³/mol. The Labute approximate surface area is 183 Å². The van der Waals surface area contributed by atoms with Gasteiger partial charge in [-0.15, -0.1) is 0 Å². The highest BCUT2D eigenvalue weighted by Gasteiger charge is 2.12. The van der Waals surface area contributed by atoms with Gasteiger partial charge in [0.25, 0.3) is 0 Å². The fourth-order valence-corrected chi connectivity index (χ4v) is 3.75. The fraction of sp³-hybridized carbons (Fsp3) is 0.227.